The lowest BCUT2D eigenvalue weighted by atomic mass is 9.95. The zero-order valence-electron chi connectivity index (χ0n) is 18.1. The second-order valence-electron chi connectivity index (χ2n) is 8.30. The van der Waals surface area contributed by atoms with Crippen molar-refractivity contribution < 1.29 is 9.59 Å². The Kier molecular flexibility index (Phi) is 7.06. The number of rotatable bonds is 3. The van der Waals surface area contributed by atoms with Gasteiger partial charge in [-0.1, -0.05) is 29.3 Å². The van der Waals surface area contributed by atoms with Crippen LogP contribution in [-0.2, 0) is 4.79 Å². The molecule has 0 saturated carbocycles. The predicted molar refractivity (Wildman–Crippen MR) is 128 cm³/mol. The van der Waals surface area contributed by atoms with Gasteiger partial charge in [0.2, 0.25) is 5.91 Å². The lowest BCUT2D eigenvalue weighted by Gasteiger charge is -2.38. The van der Waals surface area contributed by atoms with Crippen LogP contribution in [0.3, 0.4) is 0 Å². The molecular formula is C23H27Cl2N5O2. The summed E-state index contributed by atoms with van der Waals surface area (Å²) >= 11 is 12.1. The van der Waals surface area contributed by atoms with Crippen molar-refractivity contribution in [2.24, 2.45) is 5.92 Å². The summed E-state index contributed by atoms with van der Waals surface area (Å²) in [5.41, 5.74) is 1.64. The fourth-order valence-electron chi connectivity index (χ4n) is 4.17. The first-order chi connectivity index (χ1) is 15.4. The average molecular weight is 476 g/mol. The molecule has 2 aromatic rings. The van der Waals surface area contributed by atoms with Crippen LogP contribution in [0.5, 0.6) is 0 Å². The number of anilines is 2. The molecular weight excluding hydrogens is 449 g/mol. The summed E-state index contributed by atoms with van der Waals surface area (Å²) in [6.45, 7) is 5.66. The number of benzene rings is 1. The van der Waals surface area contributed by atoms with E-state index in [1.165, 1.54) is 0 Å². The molecule has 3 heterocycles. The molecule has 1 aromatic carbocycles. The number of carbonyl (C=O) groups is 2. The molecule has 0 atom stereocenters. The second kappa shape index (κ2) is 9.96. The van der Waals surface area contributed by atoms with Gasteiger partial charge < -0.3 is 20.0 Å². The highest BCUT2D eigenvalue weighted by Gasteiger charge is 2.31. The Balaban J connectivity index is 1.24. The number of hydrogen-bond acceptors (Lipinski definition) is 4. The fourth-order valence-corrected chi connectivity index (χ4v) is 4.46. The van der Waals surface area contributed by atoms with Crippen LogP contribution in [0.15, 0.2) is 36.5 Å². The number of aromatic nitrogens is 1. The van der Waals surface area contributed by atoms with Gasteiger partial charge in [0.05, 0.1) is 5.02 Å². The van der Waals surface area contributed by atoms with E-state index in [0.29, 0.717) is 41.9 Å². The van der Waals surface area contributed by atoms with Crippen molar-refractivity contribution in [3.05, 3.63) is 52.1 Å². The van der Waals surface area contributed by atoms with Crippen molar-refractivity contribution >= 4 is 46.6 Å². The predicted octanol–water partition coefficient (Wildman–Crippen LogP) is 4.29. The second-order valence-corrected chi connectivity index (χ2v) is 9.15. The van der Waals surface area contributed by atoms with Crippen molar-refractivity contribution in [3.8, 4) is 0 Å². The summed E-state index contributed by atoms with van der Waals surface area (Å²) in [5.74, 6) is 1.11. The maximum absolute atomic E-state index is 13.0. The third-order valence-electron chi connectivity index (χ3n) is 6.18. The molecule has 0 radical (unpaired) electrons. The SMILES string of the molecule is Cc1ccc(NC(=O)N2CCN(C(=O)C3CCN(c4ccc(Cl)cn4)CC3)CC2)cc1Cl. The van der Waals surface area contributed by atoms with Gasteiger partial charge >= 0.3 is 6.03 Å². The van der Waals surface area contributed by atoms with Crippen molar-refractivity contribution in [2.45, 2.75) is 19.8 Å². The molecule has 32 heavy (non-hydrogen) atoms. The summed E-state index contributed by atoms with van der Waals surface area (Å²) in [6.07, 6.45) is 3.26. The highest BCUT2D eigenvalue weighted by molar-refractivity contribution is 6.31. The lowest BCUT2D eigenvalue weighted by molar-refractivity contribution is -0.137. The fraction of sp³-hybridized carbons (Fsp3) is 0.435. The zero-order valence-corrected chi connectivity index (χ0v) is 19.6. The number of piperazine rings is 1. The average Bonchev–Trinajstić information content (AvgIpc) is 2.82. The molecule has 2 fully saturated rings. The molecule has 2 aliphatic rings. The molecule has 1 N–H and O–H groups in total. The third kappa shape index (κ3) is 5.27. The summed E-state index contributed by atoms with van der Waals surface area (Å²) in [7, 11) is 0. The zero-order chi connectivity index (χ0) is 22.7. The van der Waals surface area contributed by atoms with Crippen LogP contribution in [0.1, 0.15) is 18.4 Å². The molecule has 170 valence electrons. The molecule has 0 aliphatic carbocycles. The van der Waals surface area contributed by atoms with Crippen LogP contribution >= 0.6 is 23.2 Å². The number of halogens is 2. The molecule has 4 rings (SSSR count). The number of nitrogens with zero attached hydrogens (tertiary/aromatic N) is 4. The van der Waals surface area contributed by atoms with Gasteiger partial charge in [0.1, 0.15) is 5.82 Å². The molecule has 2 aliphatic heterocycles. The first-order valence-electron chi connectivity index (χ1n) is 10.9. The van der Waals surface area contributed by atoms with Crippen molar-refractivity contribution in [2.75, 3.05) is 49.5 Å². The minimum atomic E-state index is -0.166. The maximum Gasteiger partial charge on any atom is 0.321 e. The molecule has 3 amide bonds. The van der Waals surface area contributed by atoms with E-state index in [1.807, 2.05) is 36.1 Å². The maximum atomic E-state index is 13.0. The van der Waals surface area contributed by atoms with Crippen LogP contribution in [-0.4, -0.2) is 66.0 Å². The Bertz CT molecular complexity index is 969. The first-order valence-corrected chi connectivity index (χ1v) is 11.6. The van der Waals surface area contributed by atoms with Gasteiger partial charge in [-0.25, -0.2) is 9.78 Å². The number of urea groups is 1. The van der Waals surface area contributed by atoms with E-state index in [9.17, 15) is 9.59 Å². The normalized spacial score (nSPS) is 17.4. The molecule has 2 saturated heterocycles. The van der Waals surface area contributed by atoms with Crippen molar-refractivity contribution in [1.82, 2.24) is 14.8 Å². The van der Waals surface area contributed by atoms with Crippen LogP contribution < -0.4 is 10.2 Å². The third-order valence-corrected chi connectivity index (χ3v) is 6.81. The Labute approximate surface area is 198 Å². The van der Waals surface area contributed by atoms with E-state index in [2.05, 4.69) is 15.2 Å². The van der Waals surface area contributed by atoms with E-state index in [1.54, 1.807) is 17.2 Å². The van der Waals surface area contributed by atoms with Crippen molar-refractivity contribution in [1.29, 1.82) is 0 Å². The van der Waals surface area contributed by atoms with Gasteiger partial charge in [0.15, 0.2) is 0 Å². The Morgan fingerprint density at radius 2 is 1.66 bits per heavy atom. The summed E-state index contributed by atoms with van der Waals surface area (Å²) in [5, 5.41) is 4.13. The van der Waals surface area contributed by atoms with E-state index in [4.69, 9.17) is 23.2 Å². The monoisotopic (exact) mass is 475 g/mol. The van der Waals surface area contributed by atoms with E-state index >= 15 is 0 Å². The number of amides is 3. The van der Waals surface area contributed by atoms with Gasteiger partial charge in [0.25, 0.3) is 0 Å². The lowest BCUT2D eigenvalue weighted by Crippen LogP contribution is -2.53. The molecule has 9 heteroatoms. The number of aryl methyl sites for hydroxylation is 1. The molecule has 0 unspecified atom stereocenters. The summed E-state index contributed by atoms with van der Waals surface area (Å²) < 4.78 is 0. The van der Waals surface area contributed by atoms with Gasteiger partial charge in [-0.05, 0) is 49.6 Å². The van der Waals surface area contributed by atoms with Gasteiger partial charge in [0, 0.05) is 62.1 Å². The van der Waals surface area contributed by atoms with Crippen LogP contribution in [0.4, 0.5) is 16.3 Å². The van der Waals surface area contributed by atoms with Crippen molar-refractivity contribution in [3.63, 3.8) is 0 Å². The van der Waals surface area contributed by atoms with Gasteiger partial charge in [-0.2, -0.15) is 0 Å². The molecule has 0 bridgehead atoms. The summed E-state index contributed by atoms with van der Waals surface area (Å²) in [6, 6.07) is 9.05. The number of nitrogens with one attached hydrogen (secondary N) is 1. The molecule has 1 aromatic heterocycles. The minimum Gasteiger partial charge on any atom is -0.357 e. The Morgan fingerprint density at radius 3 is 2.28 bits per heavy atom. The van der Waals surface area contributed by atoms with E-state index < -0.39 is 0 Å². The van der Waals surface area contributed by atoms with Gasteiger partial charge in [-0.3, -0.25) is 4.79 Å². The number of carbonyl (C=O) groups excluding carboxylic acids is 2. The Hall–Kier alpha value is -2.51. The smallest absolute Gasteiger partial charge is 0.321 e. The highest BCUT2D eigenvalue weighted by Crippen LogP contribution is 2.25. The van der Waals surface area contributed by atoms with E-state index in [-0.39, 0.29) is 17.9 Å². The molecule has 0 spiro atoms. The highest BCUT2D eigenvalue weighted by atomic mass is 35.5. The van der Waals surface area contributed by atoms with Gasteiger partial charge in [-0.15, -0.1) is 0 Å². The van der Waals surface area contributed by atoms with E-state index in [0.717, 1.165) is 37.3 Å². The van der Waals surface area contributed by atoms with Crippen LogP contribution in [0, 0.1) is 12.8 Å². The molecule has 7 nitrogen and oxygen atoms in total. The number of hydrogen-bond donors (Lipinski definition) is 1. The topological polar surface area (TPSA) is 68.8 Å². The number of pyridine rings is 1. The Morgan fingerprint density at radius 1 is 0.969 bits per heavy atom. The first kappa shape index (κ1) is 22.7. The number of piperidine rings is 1. The quantitative estimate of drug-likeness (QED) is 0.718. The summed E-state index contributed by atoms with van der Waals surface area (Å²) in [4.78, 5) is 35.8. The minimum absolute atomic E-state index is 0.0219. The standard InChI is InChI=1S/C23H27Cl2N5O2/c1-16-2-4-19(14-20(16)25)27-23(32)30-12-10-29(11-13-30)22(31)17-6-8-28(9-7-17)21-5-3-18(24)15-26-21/h2-5,14-15,17H,6-13H2,1H3,(H,27,32). The van der Waals surface area contributed by atoms with Crippen LogP contribution in [0.25, 0.3) is 0 Å². The largest absolute Gasteiger partial charge is 0.357 e. The van der Waals surface area contributed by atoms with Crippen LogP contribution in [0.2, 0.25) is 10.0 Å².